The van der Waals surface area contributed by atoms with Crippen LogP contribution in [0.5, 0.6) is 0 Å². The van der Waals surface area contributed by atoms with Gasteiger partial charge in [0.1, 0.15) is 4.75 Å². The first-order valence-electron chi connectivity index (χ1n) is 11.2. The van der Waals surface area contributed by atoms with E-state index in [9.17, 15) is 14.7 Å². The second-order valence-corrected chi connectivity index (χ2v) is 10.7. The summed E-state index contributed by atoms with van der Waals surface area (Å²) in [6.45, 7) is 10.6. The SMILES string of the molecule is Cc1ccc(S[C@]2(C(=O)NCC(C)C)CC(=O)N(C(C)C)[C@@H]2c2ccc(CO)cc2)cc1. The van der Waals surface area contributed by atoms with Gasteiger partial charge in [0.25, 0.3) is 0 Å². The van der Waals surface area contributed by atoms with Crippen LogP contribution in [-0.4, -0.2) is 39.2 Å². The molecular weight excluding hydrogens is 420 g/mol. The highest BCUT2D eigenvalue weighted by Crippen LogP contribution is 2.53. The number of hydrogen-bond donors (Lipinski definition) is 2. The van der Waals surface area contributed by atoms with E-state index >= 15 is 0 Å². The summed E-state index contributed by atoms with van der Waals surface area (Å²) in [7, 11) is 0. The number of aryl methyl sites for hydroxylation is 1. The van der Waals surface area contributed by atoms with Crippen molar-refractivity contribution in [3.8, 4) is 0 Å². The predicted octanol–water partition coefficient (Wildman–Crippen LogP) is 4.47. The minimum Gasteiger partial charge on any atom is -0.392 e. The van der Waals surface area contributed by atoms with Gasteiger partial charge in [-0.3, -0.25) is 9.59 Å². The maximum absolute atomic E-state index is 13.8. The third-order valence-corrected chi connectivity index (χ3v) is 7.26. The van der Waals surface area contributed by atoms with Crippen LogP contribution in [0, 0.1) is 12.8 Å². The van der Waals surface area contributed by atoms with Crippen molar-refractivity contribution >= 4 is 23.6 Å². The van der Waals surface area contributed by atoms with Crippen molar-refractivity contribution in [2.45, 2.75) is 69.4 Å². The number of rotatable bonds is 8. The Hall–Kier alpha value is -2.31. The van der Waals surface area contributed by atoms with Crippen LogP contribution < -0.4 is 5.32 Å². The molecule has 1 aliphatic heterocycles. The third kappa shape index (κ3) is 5.02. The quantitative estimate of drug-likeness (QED) is 0.617. The maximum Gasteiger partial charge on any atom is 0.239 e. The van der Waals surface area contributed by atoms with Crippen LogP contribution in [0.4, 0.5) is 0 Å². The summed E-state index contributed by atoms with van der Waals surface area (Å²) in [5, 5.41) is 12.6. The number of benzene rings is 2. The molecule has 2 aromatic carbocycles. The predicted molar refractivity (Wildman–Crippen MR) is 129 cm³/mol. The van der Waals surface area contributed by atoms with Gasteiger partial charge in [-0.25, -0.2) is 0 Å². The minimum atomic E-state index is -0.994. The standard InChI is InChI=1S/C26H34N2O3S/c1-17(2)15-27-25(31)26(32-22-12-6-19(5)7-13-22)14-23(30)28(18(3)4)24(26)21-10-8-20(16-29)9-11-21/h6-13,17-18,24,29H,14-16H2,1-5H3,(H,27,31)/t24-,26-/m1/s1. The van der Waals surface area contributed by atoms with E-state index in [1.54, 1.807) is 0 Å². The monoisotopic (exact) mass is 454 g/mol. The Morgan fingerprint density at radius 3 is 2.28 bits per heavy atom. The van der Waals surface area contributed by atoms with Crippen molar-refractivity contribution in [1.29, 1.82) is 0 Å². The first-order chi connectivity index (χ1) is 15.2. The highest BCUT2D eigenvalue weighted by Gasteiger charge is 2.58. The molecular formula is C26H34N2O3S. The van der Waals surface area contributed by atoms with Gasteiger partial charge in [-0.05, 0) is 49.9 Å². The molecule has 1 fully saturated rings. The lowest BCUT2D eigenvalue weighted by atomic mass is 9.90. The number of carbonyl (C=O) groups excluding carboxylic acids is 2. The highest BCUT2D eigenvalue weighted by atomic mass is 32.2. The van der Waals surface area contributed by atoms with Gasteiger partial charge in [-0.15, -0.1) is 11.8 Å². The molecule has 32 heavy (non-hydrogen) atoms. The number of likely N-dealkylation sites (tertiary alicyclic amines) is 1. The van der Waals surface area contributed by atoms with Crippen molar-refractivity contribution in [3.63, 3.8) is 0 Å². The Morgan fingerprint density at radius 1 is 1.12 bits per heavy atom. The number of carbonyl (C=O) groups is 2. The second kappa shape index (κ2) is 10.1. The molecule has 2 amide bonds. The van der Waals surface area contributed by atoms with Gasteiger partial charge in [0.2, 0.25) is 11.8 Å². The smallest absolute Gasteiger partial charge is 0.239 e. The number of aliphatic hydroxyl groups is 1. The van der Waals surface area contributed by atoms with Crippen LogP contribution >= 0.6 is 11.8 Å². The molecule has 1 aliphatic rings. The molecule has 0 aromatic heterocycles. The molecule has 2 aromatic rings. The summed E-state index contributed by atoms with van der Waals surface area (Å²) >= 11 is 1.48. The summed E-state index contributed by atoms with van der Waals surface area (Å²) < 4.78 is -0.994. The third-order valence-electron chi connectivity index (χ3n) is 5.83. The van der Waals surface area contributed by atoms with E-state index in [4.69, 9.17) is 0 Å². The number of aliphatic hydroxyl groups excluding tert-OH is 1. The summed E-state index contributed by atoms with van der Waals surface area (Å²) in [6, 6.07) is 15.2. The number of nitrogens with one attached hydrogen (secondary N) is 1. The molecule has 0 spiro atoms. The van der Waals surface area contributed by atoms with Gasteiger partial charge in [-0.1, -0.05) is 55.8 Å². The van der Waals surface area contributed by atoms with E-state index in [2.05, 4.69) is 19.2 Å². The van der Waals surface area contributed by atoms with Crippen LogP contribution in [0.25, 0.3) is 0 Å². The van der Waals surface area contributed by atoms with Crippen LogP contribution in [0.15, 0.2) is 53.4 Å². The summed E-state index contributed by atoms with van der Waals surface area (Å²) in [4.78, 5) is 29.9. The van der Waals surface area contributed by atoms with E-state index in [0.717, 1.165) is 21.6 Å². The molecule has 1 saturated heterocycles. The first kappa shape index (κ1) is 24.3. The molecule has 2 atom stereocenters. The molecule has 5 nitrogen and oxygen atoms in total. The lowest BCUT2D eigenvalue weighted by Crippen LogP contribution is -2.49. The molecule has 0 bridgehead atoms. The molecule has 6 heteroatoms. The fraction of sp³-hybridized carbons (Fsp3) is 0.462. The average molecular weight is 455 g/mol. The number of nitrogens with zero attached hydrogens (tertiary/aromatic N) is 1. The lowest BCUT2D eigenvalue weighted by molar-refractivity contribution is -0.130. The molecule has 0 radical (unpaired) electrons. The lowest BCUT2D eigenvalue weighted by Gasteiger charge is -2.38. The van der Waals surface area contributed by atoms with Gasteiger partial charge in [-0.2, -0.15) is 0 Å². The van der Waals surface area contributed by atoms with Crippen molar-refractivity contribution in [2.24, 2.45) is 5.92 Å². The fourth-order valence-electron chi connectivity index (χ4n) is 4.21. The topological polar surface area (TPSA) is 69.6 Å². The highest BCUT2D eigenvalue weighted by molar-refractivity contribution is 8.01. The van der Waals surface area contributed by atoms with Gasteiger partial charge in [0.05, 0.1) is 19.1 Å². The Labute approximate surface area is 195 Å². The molecule has 0 aliphatic carbocycles. The van der Waals surface area contributed by atoms with E-state index in [1.165, 1.54) is 11.8 Å². The Balaban J connectivity index is 2.13. The van der Waals surface area contributed by atoms with Crippen molar-refractivity contribution < 1.29 is 14.7 Å². The fourth-order valence-corrected chi connectivity index (χ4v) is 5.62. The Kier molecular flexibility index (Phi) is 7.67. The van der Waals surface area contributed by atoms with Crippen molar-refractivity contribution in [1.82, 2.24) is 10.2 Å². The summed E-state index contributed by atoms with van der Waals surface area (Å²) in [5.74, 6) is 0.182. The van der Waals surface area contributed by atoms with E-state index in [-0.39, 0.29) is 30.9 Å². The minimum absolute atomic E-state index is 0.0180. The van der Waals surface area contributed by atoms with E-state index < -0.39 is 10.8 Å². The van der Waals surface area contributed by atoms with Crippen molar-refractivity contribution in [2.75, 3.05) is 6.54 Å². The zero-order valence-electron chi connectivity index (χ0n) is 19.6. The van der Waals surface area contributed by atoms with Crippen LogP contribution in [-0.2, 0) is 16.2 Å². The molecule has 0 saturated carbocycles. The zero-order valence-corrected chi connectivity index (χ0v) is 20.4. The number of amides is 2. The normalized spacial score (nSPS) is 20.9. The zero-order chi connectivity index (χ0) is 23.5. The van der Waals surface area contributed by atoms with E-state index in [1.807, 2.05) is 74.2 Å². The van der Waals surface area contributed by atoms with Crippen LogP contribution in [0.3, 0.4) is 0 Å². The van der Waals surface area contributed by atoms with Gasteiger partial charge in [0, 0.05) is 17.5 Å². The van der Waals surface area contributed by atoms with Crippen molar-refractivity contribution in [3.05, 3.63) is 65.2 Å². The molecule has 0 unspecified atom stereocenters. The average Bonchev–Trinajstić information content (AvgIpc) is 3.06. The largest absolute Gasteiger partial charge is 0.392 e. The van der Waals surface area contributed by atoms with Crippen LogP contribution in [0.2, 0.25) is 0 Å². The van der Waals surface area contributed by atoms with Gasteiger partial charge in [0.15, 0.2) is 0 Å². The maximum atomic E-state index is 13.8. The molecule has 2 N–H and O–H groups in total. The first-order valence-corrected chi connectivity index (χ1v) is 12.0. The Bertz CT molecular complexity index is 941. The molecule has 1 heterocycles. The van der Waals surface area contributed by atoms with Crippen LogP contribution in [0.1, 0.15) is 56.8 Å². The van der Waals surface area contributed by atoms with Gasteiger partial charge >= 0.3 is 0 Å². The van der Waals surface area contributed by atoms with E-state index in [0.29, 0.717) is 12.5 Å². The second-order valence-electron chi connectivity index (χ2n) is 9.28. The number of hydrogen-bond acceptors (Lipinski definition) is 4. The summed E-state index contributed by atoms with van der Waals surface area (Å²) in [5.41, 5.74) is 2.85. The van der Waals surface area contributed by atoms with Gasteiger partial charge < -0.3 is 15.3 Å². The molecule has 3 rings (SSSR count). The summed E-state index contributed by atoms with van der Waals surface area (Å²) in [6.07, 6.45) is 0.139. The molecule has 172 valence electrons. The number of thioether (sulfide) groups is 1. The Morgan fingerprint density at radius 2 is 1.75 bits per heavy atom.